The molecule has 1 aliphatic rings. The lowest BCUT2D eigenvalue weighted by Crippen LogP contribution is -2.32. The van der Waals surface area contributed by atoms with Gasteiger partial charge < -0.3 is 16.2 Å². The van der Waals surface area contributed by atoms with Gasteiger partial charge in [0.05, 0.1) is 6.10 Å². The Morgan fingerprint density at radius 3 is 2.94 bits per heavy atom. The highest BCUT2D eigenvalue weighted by molar-refractivity contribution is 7.09. The number of nitrogens with two attached hydrogens (primary N) is 1. The molecule has 0 radical (unpaired) electrons. The van der Waals surface area contributed by atoms with E-state index in [0.29, 0.717) is 18.8 Å². The van der Waals surface area contributed by atoms with Crippen molar-refractivity contribution in [1.29, 1.82) is 0 Å². The summed E-state index contributed by atoms with van der Waals surface area (Å²) in [6.07, 6.45) is 2.59. The molecule has 0 aliphatic heterocycles. The predicted molar refractivity (Wildman–Crippen MR) is 72.9 cm³/mol. The molecule has 1 aromatic heterocycles. The minimum atomic E-state index is -0.273. The first-order valence-electron chi connectivity index (χ1n) is 5.81. The van der Waals surface area contributed by atoms with Crippen LogP contribution in [-0.2, 0) is 6.54 Å². The van der Waals surface area contributed by atoms with Gasteiger partial charge in [0.15, 0.2) is 0 Å². The molecule has 2 rings (SSSR count). The number of aromatic nitrogens is 1. The molecule has 1 aliphatic carbocycles. The molecule has 0 bridgehead atoms. The van der Waals surface area contributed by atoms with E-state index in [2.05, 4.69) is 10.3 Å². The number of nitrogens with zero attached hydrogens (tertiary/aromatic N) is 1. The highest BCUT2D eigenvalue weighted by atomic mass is 35.5. The average molecular weight is 292 g/mol. The lowest BCUT2D eigenvalue weighted by atomic mass is 10.1. The molecule has 1 fully saturated rings. The fourth-order valence-electron chi connectivity index (χ4n) is 2.08. The first-order chi connectivity index (χ1) is 8.20. The smallest absolute Gasteiger partial charge is 0.270 e. The van der Waals surface area contributed by atoms with Gasteiger partial charge in [-0.25, -0.2) is 4.98 Å². The summed E-state index contributed by atoms with van der Waals surface area (Å²) in [7, 11) is 0. The van der Waals surface area contributed by atoms with Crippen molar-refractivity contribution >= 4 is 29.7 Å². The quantitative estimate of drug-likeness (QED) is 0.769. The van der Waals surface area contributed by atoms with Crippen LogP contribution < -0.4 is 11.1 Å². The number of carbonyl (C=O) groups excluding carboxylic acids is 1. The highest BCUT2D eigenvalue weighted by Crippen LogP contribution is 2.24. The van der Waals surface area contributed by atoms with Crippen LogP contribution >= 0.6 is 23.7 Å². The number of carbonyl (C=O) groups is 1. The zero-order valence-corrected chi connectivity index (χ0v) is 11.6. The molecular weight excluding hydrogens is 274 g/mol. The van der Waals surface area contributed by atoms with Crippen LogP contribution in [-0.4, -0.2) is 28.6 Å². The van der Waals surface area contributed by atoms with E-state index in [-0.39, 0.29) is 30.3 Å². The van der Waals surface area contributed by atoms with Gasteiger partial charge in [-0.2, -0.15) is 0 Å². The molecule has 2 atom stereocenters. The number of aliphatic hydroxyl groups excluding tert-OH is 1. The van der Waals surface area contributed by atoms with Gasteiger partial charge in [-0.1, -0.05) is 6.42 Å². The number of hydrogen-bond donors (Lipinski definition) is 3. The Hall–Kier alpha value is -0.690. The molecule has 5 nitrogen and oxygen atoms in total. The highest BCUT2D eigenvalue weighted by Gasteiger charge is 2.25. The van der Waals surface area contributed by atoms with E-state index in [1.54, 1.807) is 5.38 Å². The van der Waals surface area contributed by atoms with Crippen LogP contribution in [0.4, 0.5) is 0 Å². The standard InChI is InChI=1S/C11H17N3O2S.ClH/c12-4-10-14-8(6-17-10)11(16)13-5-7-2-1-3-9(7)15;/h6-7,9,15H,1-5,12H2,(H,13,16);1H. The maximum atomic E-state index is 11.7. The van der Waals surface area contributed by atoms with E-state index in [9.17, 15) is 9.90 Å². The number of halogens is 1. The zero-order valence-electron chi connectivity index (χ0n) is 9.96. The molecule has 4 N–H and O–H groups in total. The SMILES string of the molecule is Cl.NCc1nc(C(=O)NCC2CCCC2O)cs1. The van der Waals surface area contributed by atoms with Gasteiger partial charge in [-0.05, 0) is 12.8 Å². The molecule has 2 unspecified atom stereocenters. The van der Waals surface area contributed by atoms with Crippen molar-refractivity contribution in [1.82, 2.24) is 10.3 Å². The Morgan fingerprint density at radius 2 is 2.39 bits per heavy atom. The first kappa shape index (κ1) is 15.4. The average Bonchev–Trinajstić information content (AvgIpc) is 2.94. The molecular formula is C11H18ClN3O2S. The topological polar surface area (TPSA) is 88.2 Å². The van der Waals surface area contributed by atoms with Crippen molar-refractivity contribution in [3.05, 3.63) is 16.1 Å². The lowest BCUT2D eigenvalue weighted by Gasteiger charge is -2.14. The third-order valence-corrected chi connectivity index (χ3v) is 3.97. The van der Waals surface area contributed by atoms with E-state index >= 15 is 0 Å². The summed E-state index contributed by atoms with van der Waals surface area (Å²) in [5, 5.41) is 14.9. The van der Waals surface area contributed by atoms with Gasteiger partial charge in [0.1, 0.15) is 10.7 Å². The molecule has 1 amide bonds. The van der Waals surface area contributed by atoms with Gasteiger partial charge >= 0.3 is 0 Å². The van der Waals surface area contributed by atoms with Crippen molar-refractivity contribution in [2.24, 2.45) is 11.7 Å². The molecule has 1 aromatic rings. The summed E-state index contributed by atoms with van der Waals surface area (Å²) in [4.78, 5) is 15.9. The normalized spacial score (nSPS) is 22.6. The van der Waals surface area contributed by atoms with Crippen molar-refractivity contribution in [2.45, 2.75) is 31.9 Å². The summed E-state index contributed by atoms with van der Waals surface area (Å²) in [5.74, 6) is 0.00612. The number of thiazole rings is 1. The Bertz CT molecular complexity index is 399. The molecule has 1 heterocycles. The van der Waals surface area contributed by atoms with Crippen LogP contribution in [0.1, 0.15) is 34.8 Å². The minimum Gasteiger partial charge on any atom is -0.393 e. The second-order valence-electron chi connectivity index (χ2n) is 4.30. The molecule has 7 heteroatoms. The summed E-state index contributed by atoms with van der Waals surface area (Å²) in [6.45, 7) is 0.884. The fraction of sp³-hybridized carbons (Fsp3) is 0.636. The number of aliphatic hydroxyl groups is 1. The van der Waals surface area contributed by atoms with E-state index in [4.69, 9.17) is 5.73 Å². The van der Waals surface area contributed by atoms with E-state index in [1.807, 2.05) is 0 Å². The Morgan fingerprint density at radius 1 is 1.61 bits per heavy atom. The molecule has 0 saturated heterocycles. The largest absolute Gasteiger partial charge is 0.393 e. The minimum absolute atomic E-state index is 0. The van der Waals surface area contributed by atoms with Gasteiger partial charge in [0.2, 0.25) is 0 Å². The maximum absolute atomic E-state index is 11.7. The van der Waals surface area contributed by atoms with Crippen LogP contribution in [0.2, 0.25) is 0 Å². The van der Waals surface area contributed by atoms with Crippen LogP contribution in [0.15, 0.2) is 5.38 Å². The van der Waals surface area contributed by atoms with Crippen molar-refractivity contribution in [3.63, 3.8) is 0 Å². The third-order valence-electron chi connectivity index (χ3n) is 3.10. The number of amides is 1. The molecule has 0 aromatic carbocycles. The predicted octanol–water partition coefficient (Wildman–Crippen LogP) is 0.914. The number of hydrogen-bond acceptors (Lipinski definition) is 5. The maximum Gasteiger partial charge on any atom is 0.270 e. The van der Waals surface area contributed by atoms with Gasteiger partial charge in [-0.3, -0.25) is 4.79 Å². The molecule has 102 valence electrons. The van der Waals surface area contributed by atoms with Crippen molar-refractivity contribution < 1.29 is 9.90 Å². The van der Waals surface area contributed by atoms with Crippen LogP contribution in [0.5, 0.6) is 0 Å². The van der Waals surface area contributed by atoms with Crippen LogP contribution in [0.3, 0.4) is 0 Å². The Labute approximate surface area is 116 Å². The second kappa shape index (κ2) is 7.04. The third kappa shape index (κ3) is 3.65. The van der Waals surface area contributed by atoms with Crippen LogP contribution in [0, 0.1) is 5.92 Å². The lowest BCUT2D eigenvalue weighted by molar-refractivity contribution is 0.0912. The molecule has 0 spiro atoms. The zero-order chi connectivity index (χ0) is 12.3. The van der Waals surface area contributed by atoms with E-state index in [1.165, 1.54) is 11.3 Å². The Kier molecular flexibility index (Phi) is 6.01. The fourth-order valence-corrected chi connectivity index (χ4v) is 2.73. The van der Waals surface area contributed by atoms with Gasteiger partial charge in [0.25, 0.3) is 5.91 Å². The summed E-state index contributed by atoms with van der Waals surface area (Å²) in [5.41, 5.74) is 5.86. The second-order valence-corrected chi connectivity index (χ2v) is 5.24. The van der Waals surface area contributed by atoms with E-state index < -0.39 is 0 Å². The Balaban J connectivity index is 0.00000162. The molecule has 18 heavy (non-hydrogen) atoms. The van der Waals surface area contributed by atoms with Crippen molar-refractivity contribution in [3.8, 4) is 0 Å². The van der Waals surface area contributed by atoms with E-state index in [0.717, 1.165) is 24.3 Å². The summed E-state index contributed by atoms with van der Waals surface area (Å²) in [6, 6.07) is 0. The molecule has 1 saturated carbocycles. The monoisotopic (exact) mass is 291 g/mol. The van der Waals surface area contributed by atoms with Gasteiger partial charge in [-0.15, -0.1) is 23.7 Å². The van der Waals surface area contributed by atoms with Crippen molar-refractivity contribution in [2.75, 3.05) is 6.54 Å². The first-order valence-corrected chi connectivity index (χ1v) is 6.69. The number of nitrogens with one attached hydrogen (secondary N) is 1. The van der Waals surface area contributed by atoms with Gasteiger partial charge in [0, 0.05) is 24.4 Å². The summed E-state index contributed by atoms with van der Waals surface area (Å²) >= 11 is 1.39. The summed E-state index contributed by atoms with van der Waals surface area (Å²) < 4.78 is 0. The van der Waals surface area contributed by atoms with Crippen LogP contribution in [0.25, 0.3) is 0 Å². The number of rotatable bonds is 4.